The molecule has 0 aromatic carbocycles. The van der Waals surface area contributed by atoms with Gasteiger partial charge in [0.2, 0.25) is 5.75 Å². The number of ether oxygens (including phenoxy) is 1. The molecule has 0 aliphatic carbocycles. The predicted molar refractivity (Wildman–Crippen MR) is 51.2 cm³/mol. The van der Waals surface area contributed by atoms with Crippen LogP contribution in [0, 0.1) is 0 Å². The molecule has 0 fully saturated rings. The molecule has 0 spiro atoms. The van der Waals surface area contributed by atoms with E-state index in [1.807, 2.05) is 12.1 Å². The smallest absolute Gasteiger partial charge is 0.293 e. The molecule has 0 aliphatic rings. The van der Waals surface area contributed by atoms with E-state index >= 15 is 0 Å². The minimum atomic E-state index is -0.285. The first kappa shape index (κ1) is 8.55. The summed E-state index contributed by atoms with van der Waals surface area (Å²) < 4.78 is 4.97. The highest BCUT2D eigenvalue weighted by Gasteiger charge is 2.10. The van der Waals surface area contributed by atoms with Gasteiger partial charge in [0, 0.05) is 6.20 Å². The molecule has 0 aliphatic heterocycles. The highest BCUT2D eigenvalue weighted by atomic mass is 16.5. The van der Waals surface area contributed by atoms with Crippen LogP contribution in [0.4, 0.5) is 0 Å². The van der Waals surface area contributed by atoms with E-state index in [0.717, 1.165) is 5.69 Å². The minimum Gasteiger partial charge on any atom is -0.490 e. The second kappa shape index (κ2) is 3.37. The third kappa shape index (κ3) is 1.28. The van der Waals surface area contributed by atoms with Gasteiger partial charge in [-0.1, -0.05) is 0 Å². The number of hydrogen-bond donors (Lipinski definition) is 2. The molecule has 14 heavy (non-hydrogen) atoms. The Morgan fingerprint density at radius 2 is 2.29 bits per heavy atom. The van der Waals surface area contributed by atoms with E-state index < -0.39 is 0 Å². The van der Waals surface area contributed by atoms with Crippen molar-refractivity contribution < 1.29 is 4.74 Å². The Morgan fingerprint density at radius 3 is 2.93 bits per heavy atom. The zero-order valence-electron chi connectivity index (χ0n) is 7.57. The Morgan fingerprint density at radius 1 is 1.43 bits per heavy atom. The van der Waals surface area contributed by atoms with Gasteiger partial charge < -0.3 is 14.7 Å². The van der Waals surface area contributed by atoms with Crippen LogP contribution in [0.2, 0.25) is 0 Å². The van der Waals surface area contributed by atoms with Crippen LogP contribution in [-0.4, -0.2) is 22.1 Å². The second-order valence-electron chi connectivity index (χ2n) is 2.70. The minimum absolute atomic E-state index is 0.218. The highest BCUT2D eigenvalue weighted by molar-refractivity contribution is 5.61. The van der Waals surface area contributed by atoms with E-state index in [4.69, 9.17) is 4.74 Å². The number of hydrogen-bond acceptors (Lipinski definition) is 3. The number of nitrogens with one attached hydrogen (secondary N) is 2. The summed E-state index contributed by atoms with van der Waals surface area (Å²) in [5.41, 5.74) is 0.987. The molecule has 2 N–H and O–H groups in total. The van der Waals surface area contributed by atoms with Gasteiger partial charge in [-0.25, -0.2) is 4.98 Å². The van der Waals surface area contributed by atoms with E-state index in [9.17, 15) is 4.79 Å². The van der Waals surface area contributed by atoms with Crippen molar-refractivity contribution in [3.05, 3.63) is 35.0 Å². The summed E-state index contributed by atoms with van der Waals surface area (Å²) in [6.45, 7) is 0. The molecule has 72 valence electrons. The van der Waals surface area contributed by atoms with Crippen molar-refractivity contribution in [3.63, 3.8) is 0 Å². The zero-order chi connectivity index (χ0) is 9.97. The Labute approximate surface area is 79.8 Å². The first-order chi connectivity index (χ1) is 6.83. The van der Waals surface area contributed by atoms with Gasteiger partial charge in [-0.3, -0.25) is 4.79 Å². The fraction of sp³-hybridized carbons (Fsp3) is 0.111. The van der Waals surface area contributed by atoms with Crippen molar-refractivity contribution in [1.29, 1.82) is 0 Å². The van der Waals surface area contributed by atoms with Crippen LogP contribution < -0.4 is 10.3 Å². The van der Waals surface area contributed by atoms with E-state index in [1.165, 1.54) is 13.4 Å². The van der Waals surface area contributed by atoms with E-state index in [2.05, 4.69) is 15.0 Å². The summed E-state index contributed by atoms with van der Waals surface area (Å²) >= 11 is 0. The third-order valence-electron chi connectivity index (χ3n) is 1.87. The van der Waals surface area contributed by atoms with Gasteiger partial charge in [0.05, 0.1) is 19.1 Å². The van der Waals surface area contributed by atoms with Crippen molar-refractivity contribution in [2.45, 2.75) is 0 Å². The maximum absolute atomic E-state index is 11.3. The average molecular weight is 191 g/mol. The molecular weight excluding hydrogens is 182 g/mol. The molecule has 2 rings (SSSR count). The van der Waals surface area contributed by atoms with Crippen LogP contribution in [-0.2, 0) is 0 Å². The lowest BCUT2D eigenvalue weighted by molar-refractivity contribution is 0.408. The summed E-state index contributed by atoms with van der Waals surface area (Å²) in [5.74, 6) is 0.218. The van der Waals surface area contributed by atoms with E-state index in [0.29, 0.717) is 5.69 Å². The number of nitrogens with zero attached hydrogens (tertiary/aromatic N) is 1. The largest absolute Gasteiger partial charge is 0.490 e. The van der Waals surface area contributed by atoms with E-state index in [1.54, 1.807) is 6.20 Å². The quantitative estimate of drug-likeness (QED) is 0.736. The number of methoxy groups -OCH3 is 1. The number of H-pyrrole nitrogens is 2. The van der Waals surface area contributed by atoms with Crippen molar-refractivity contribution in [3.8, 4) is 17.1 Å². The first-order valence-electron chi connectivity index (χ1n) is 4.08. The lowest BCUT2D eigenvalue weighted by Gasteiger charge is -2.03. The van der Waals surface area contributed by atoms with Crippen LogP contribution in [0.5, 0.6) is 5.75 Å². The molecule has 0 atom stereocenters. The normalized spacial score (nSPS) is 10.1. The number of aromatic amines is 2. The average Bonchev–Trinajstić information content (AvgIpc) is 2.70. The molecule has 2 heterocycles. The van der Waals surface area contributed by atoms with E-state index in [-0.39, 0.29) is 11.3 Å². The molecule has 0 radical (unpaired) electrons. The standard InChI is InChI=1S/C9H9N3O2/c1-14-8-7(6-3-2-4-10-6)11-5-12-9(8)13/h2-5,10H,1H3,(H,11,12,13). The molecule has 0 unspecified atom stereocenters. The van der Waals surface area contributed by atoms with Crippen molar-refractivity contribution in [2.75, 3.05) is 7.11 Å². The van der Waals surface area contributed by atoms with Gasteiger partial charge in [0.1, 0.15) is 5.69 Å². The van der Waals surface area contributed by atoms with Crippen molar-refractivity contribution in [2.24, 2.45) is 0 Å². The molecule has 5 nitrogen and oxygen atoms in total. The van der Waals surface area contributed by atoms with Crippen LogP contribution >= 0.6 is 0 Å². The lowest BCUT2D eigenvalue weighted by atomic mass is 10.3. The van der Waals surface area contributed by atoms with Crippen LogP contribution in [0.1, 0.15) is 0 Å². The zero-order valence-corrected chi connectivity index (χ0v) is 7.57. The summed E-state index contributed by atoms with van der Waals surface area (Å²) in [5, 5.41) is 0. The second-order valence-corrected chi connectivity index (χ2v) is 2.70. The number of rotatable bonds is 2. The Hall–Kier alpha value is -2.04. The number of aromatic nitrogens is 3. The molecule has 0 saturated carbocycles. The Kier molecular flexibility index (Phi) is 2.06. The monoisotopic (exact) mass is 191 g/mol. The third-order valence-corrected chi connectivity index (χ3v) is 1.87. The Bertz CT molecular complexity index is 473. The van der Waals surface area contributed by atoms with Gasteiger partial charge in [0.25, 0.3) is 5.56 Å². The summed E-state index contributed by atoms with van der Waals surface area (Å²) in [6, 6.07) is 3.65. The van der Waals surface area contributed by atoms with Gasteiger partial charge in [-0.05, 0) is 12.1 Å². The molecule has 2 aromatic rings. The summed E-state index contributed by atoms with van der Waals surface area (Å²) in [4.78, 5) is 20.8. The van der Waals surface area contributed by atoms with Crippen molar-refractivity contribution in [1.82, 2.24) is 15.0 Å². The van der Waals surface area contributed by atoms with Gasteiger partial charge in [0.15, 0.2) is 0 Å². The lowest BCUT2D eigenvalue weighted by Crippen LogP contribution is -2.11. The van der Waals surface area contributed by atoms with Gasteiger partial charge in [-0.15, -0.1) is 0 Å². The molecule has 0 saturated heterocycles. The SMILES string of the molecule is COc1c(-c2ccc[nH]2)nc[nH]c1=O. The van der Waals surface area contributed by atoms with Gasteiger partial charge >= 0.3 is 0 Å². The first-order valence-corrected chi connectivity index (χ1v) is 4.08. The molecular formula is C9H9N3O2. The Balaban J connectivity index is 2.64. The fourth-order valence-corrected chi connectivity index (χ4v) is 1.25. The maximum Gasteiger partial charge on any atom is 0.293 e. The molecule has 5 heteroatoms. The summed E-state index contributed by atoms with van der Waals surface area (Å²) in [7, 11) is 1.44. The van der Waals surface area contributed by atoms with Crippen LogP contribution in [0.3, 0.4) is 0 Å². The predicted octanol–water partition coefficient (Wildman–Crippen LogP) is 0.774. The highest BCUT2D eigenvalue weighted by Crippen LogP contribution is 2.21. The van der Waals surface area contributed by atoms with Crippen molar-refractivity contribution >= 4 is 0 Å². The fourth-order valence-electron chi connectivity index (χ4n) is 1.25. The van der Waals surface area contributed by atoms with Crippen LogP contribution in [0.15, 0.2) is 29.5 Å². The molecule has 0 bridgehead atoms. The summed E-state index contributed by atoms with van der Waals surface area (Å²) in [6.07, 6.45) is 3.11. The van der Waals surface area contributed by atoms with Crippen LogP contribution in [0.25, 0.3) is 11.4 Å². The molecule has 2 aromatic heterocycles. The van der Waals surface area contributed by atoms with Gasteiger partial charge in [-0.2, -0.15) is 0 Å². The topological polar surface area (TPSA) is 70.8 Å². The molecule has 0 amide bonds. The maximum atomic E-state index is 11.3.